The first-order chi connectivity index (χ1) is 11.7. The summed E-state index contributed by atoms with van der Waals surface area (Å²) in [6.45, 7) is 5.99. The predicted molar refractivity (Wildman–Crippen MR) is 93.7 cm³/mol. The highest BCUT2D eigenvalue weighted by Gasteiger charge is 2.38. The third-order valence-electron chi connectivity index (χ3n) is 6.22. The number of aromatic nitrogens is 2. The van der Waals surface area contributed by atoms with Crippen molar-refractivity contribution < 1.29 is 4.79 Å². The van der Waals surface area contributed by atoms with Crippen LogP contribution in [0.25, 0.3) is 0 Å². The summed E-state index contributed by atoms with van der Waals surface area (Å²) in [5.74, 6) is 3.37. The third kappa shape index (κ3) is 3.26. The summed E-state index contributed by atoms with van der Waals surface area (Å²) in [4.78, 5) is 25.9. The Morgan fingerprint density at radius 1 is 1.17 bits per heavy atom. The highest BCUT2D eigenvalue weighted by atomic mass is 16.2. The van der Waals surface area contributed by atoms with Crippen molar-refractivity contribution in [3.05, 3.63) is 18.0 Å². The van der Waals surface area contributed by atoms with Gasteiger partial charge in [-0.15, -0.1) is 0 Å². The maximum Gasteiger partial charge on any atom is 0.225 e. The lowest BCUT2D eigenvalue weighted by molar-refractivity contribution is -0.131. The number of nitrogens with zero attached hydrogens (tertiary/aromatic N) is 4. The lowest BCUT2D eigenvalue weighted by Crippen LogP contribution is -2.37. The summed E-state index contributed by atoms with van der Waals surface area (Å²) in [6, 6.07) is 1.93. The van der Waals surface area contributed by atoms with Gasteiger partial charge in [0.1, 0.15) is 0 Å². The zero-order chi connectivity index (χ0) is 16.5. The highest BCUT2D eigenvalue weighted by molar-refractivity contribution is 5.76. The molecule has 24 heavy (non-hydrogen) atoms. The first-order valence-electron chi connectivity index (χ1n) is 9.51. The molecular formula is C19H28N4O. The largest absolute Gasteiger partial charge is 0.342 e. The summed E-state index contributed by atoms with van der Waals surface area (Å²) in [5, 5.41) is 0. The highest BCUT2D eigenvalue weighted by Crippen LogP contribution is 2.38. The maximum absolute atomic E-state index is 12.6. The van der Waals surface area contributed by atoms with Gasteiger partial charge in [0.05, 0.1) is 0 Å². The molecule has 0 radical (unpaired) electrons. The number of anilines is 1. The fraction of sp³-hybridized carbons (Fsp3) is 0.737. The van der Waals surface area contributed by atoms with E-state index in [2.05, 4.69) is 19.8 Å². The van der Waals surface area contributed by atoms with E-state index >= 15 is 0 Å². The van der Waals surface area contributed by atoms with Crippen LogP contribution >= 0.6 is 0 Å². The molecule has 5 nitrogen and oxygen atoms in total. The van der Waals surface area contributed by atoms with Crippen LogP contribution in [0.5, 0.6) is 0 Å². The molecule has 1 saturated carbocycles. The standard InChI is InChI=1S/C19H28N4O/c1-14-5-8-20-19(21-14)22-9-6-15(7-10-22)11-18(24)23-12-16-3-2-4-17(16)13-23/h5,8,15-17H,2-4,6-7,9-13H2,1H3. The number of amides is 1. The van der Waals surface area contributed by atoms with Crippen LogP contribution in [0.2, 0.25) is 0 Å². The summed E-state index contributed by atoms with van der Waals surface area (Å²) in [6.07, 6.45) is 8.76. The number of aryl methyl sites for hydroxylation is 1. The summed E-state index contributed by atoms with van der Waals surface area (Å²) in [5.41, 5.74) is 1.01. The van der Waals surface area contributed by atoms with E-state index in [4.69, 9.17) is 0 Å². The Morgan fingerprint density at radius 3 is 2.54 bits per heavy atom. The van der Waals surface area contributed by atoms with E-state index in [9.17, 15) is 4.79 Å². The summed E-state index contributed by atoms with van der Waals surface area (Å²) >= 11 is 0. The molecular weight excluding hydrogens is 300 g/mol. The topological polar surface area (TPSA) is 49.3 Å². The zero-order valence-corrected chi connectivity index (χ0v) is 14.7. The normalized spacial score (nSPS) is 27.5. The Hall–Kier alpha value is -1.65. The first kappa shape index (κ1) is 15.9. The van der Waals surface area contributed by atoms with E-state index in [0.717, 1.165) is 68.9 Å². The van der Waals surface area contributed by atoms with Crippen molar-refractivity contribution >= 4 is 11.9 Å². The SMILES string of the molecule is Cc1ccnc(N2CCC(CC(=O)N3CC4CCCC4C3)CC2)n1. The van der Waals surface area contributed by atoms with Crippen LogP contribution in [-0.4, -0.2) is 47.0 Å². The summed E-state index contributed by atoms with van der Waals surface area (Å²) < 4.78 is 0. The predicted octanol–water partition coefficient (Wildman–Crippen LogP) is 2.65. The lowest BCUT2D eigenvalue weighted by atomic mass is 9.93. The van der Waals surface area contributed by atoms with Gasteiger partial charge in [0.25, 0.3) is 0 Å². The maximum atomic E-state index is 12.6. The molecule has 0 aromatic carbocycles. The quantitative estimate of drug-likeness (QED) is 0.856. The van der Waals surface area contributed by atoms with Gasteiger partial charge in [-0.05, 0) is 56.4 Å². The van der Waals surface area contributed by atoms with Crippen molar-refractivity contribution in [2.45, 2.75) is 45.4 Å². The average Bonchev–Trinajstić information content (AvgIpc) is 3.17. The molecule has 1 aromatic heterocycles. The number of piperidine rings is 1. The van der Waals surface area contributed by atoms with E-state index in [1.165, 1.54) is 19.3 Å². The van der Waals surface area contributed by atoms with Gasteiger partial charge in [-0.1, -0.05) is 6.42 Å². The van der Waals surface area contributed by atoms with Gasteiger partial charge in [0.2, 0.25) is 11.9 Å². The molecule has 4 rings (SSSR count). The van der Waals surface area contributed by atoms with Crippen molar-refractivity contribution in [2.75, 3.05) is 31.1 Å². The Labute approximate surface area is 144 Å². The van der Waals surface area contributed by atoms with Crippen LogP contribution in [0.4, 0.5) is 5.95 Å². The molecule has 3 fully saturated rings. The second-order valence-electron chi connectivity index (χ2n) is 7.88. The Morgan fingerprint density at radius 2 is 1.88 bits per heavy atom. The van der Waals surface area contributed by atoms with Crippen molar-refractivity contribution in [3.63, 3.8) is 0 Å². The van der Waals surface area contributed by atoms with Gasteiger partial charge >= 0.3 is 0 Å². The molecule has 2 saturated heterocycles. The second kappa shape index (κ2) is 6.69. The molecule has 0 N–H and O–H groups in total. The first-order valence-corrected chi connectivity index (χ1v) is 9.51. The minimum atomic E-state index is 0.398. The number of likely N-dealkylation sites (tertiary alicyclic amines) is 1. The van der Waals surface area contributed by atoms with Gasteiger partial charge in [-0.25, -0.2) is 9.97 Å². The molecule has 3 heterocycles. The Bertz CT molecular complexity index is 585. The third-order valence-corrected chi connectivity index (χ3v) is 6.22. The minimum Gasteiger partial charge on any atom is -0.342 e. The zero-order valence-electron chi connectivity index (χ0n) is 14.7. The van der Waals surface area contributed by atoms with Crippen LogP contribution in [-0.2, 0) is 4.79 Å². The number of fused-ring (bicyclic) bond motifs is 1. The number of hydrogen-bond donors (Lipinski definition) is 0. The smallest absolute Gasteiger partial charge is 0.225 e. The van der Waals surface area contributed by atoms with Crippen molar-refractivity contribution in [3.8, 4) is 0 Å². The molecule has 130 valence electrons. The van der Waals surface area contributed by atoms with Crippen molar-refractivity contribution in [1.29, 1.82) is 0 Å². The molecule has 2 aliphatic heterocycles. The van der Waals surface area contributed by atoms with Gasteiger partial charge in [-0.2, -0.15) is 0 Å². The molecule has 3 aliphatic rings. The number of hydrogen-bond acceptors (Lipinski definition) is 4. The van der Waals surface area contributed by atoms with Crippen LogP contribution in [0.3, 0.4) is 0 Å². The number of rotatable bonds is 3. The van der Waals surface area contributed by atoms with Crippen LogP contribution < -0.4 is 4.90 Å². The van der Waals surface area contributed by atoms with Gasteiger partial charge in [0.15, 0.2) is 0 Å². The van der Waals surface area contributed by atoms with Gasteiger partial charge in [0, 0.05) is 44.5 Å². The van der Waals surface area contributed by atoms with E-state index in [1.54, 1.807) is 0 Å². The van der Waals surface area contributed by atoms with Crippen LogP contribution in [0.15, 0.2) is 12.3 Å². The van der Waals surface area contributed by atoms with Crippen LogP contribution in [0, 0.1) is 24.7 Å². The fourth-order valence-electron chi connectivity index (χ4n) is 4.74. The van der Waals surface area contributed by atoms with Gasteiger partial charge in [-0.3, -0.25) is 4.79 Å². The van der Waals surface area contributed by atoms with Crippen molar-refractivity contribution in [1.82, 2.24) is 14.9 Å². The van der Waals surface area contributed by atoms with E-state index < -0.39 is 0 Å². The van der Waals surface area contributed by atoms with E-state index in [-0.39, 0.29) is 0 Å². The lowest BCUT2D eigenvalue weighted by Gasteiger charge is -2.32. The second-order valence-corrected chi connectivity index (χ2v) is 7.88. The molecule has 2 atom stereocenters. The van der Waals surface area contributed by atoms with Gasteiger partial charge < -0.3 is 9.80 Å². The number of carbonyl (C=O) groups excluding carboxylic acids is 1. The number of carbonyl (C=O) groups is 1. The molecule has 0 bridgehead atoms. The summed E-state index contributed by atoms with van der Waals surface area (Å²) in [7, 11) is 0. The molecule has 1 aromatic rings. The average molecular weight is 328 g/mol. The Balaban J connectivity index is 1.26. The van der Waals surface area contributed by atoms with E-state index in [1.807, 2.05) is 19.2 Å². The minimum absolute atomic E-state index is 0.398. The molecule has 1 aliphatic carbocycles. The monoisotopic (exact) mass is 328 g/mol. The Kier molecular flexibility index (Phi) is 4.42. The fourth-order valence-corrected chi connectivity index (χ4v) is 4.74. The molecule has 0 spiro atoms. The molecule has 1 amide bonds. The van der Waals surface area contributed by atoms with E-state index in [0.29, 0.717) is 11.8 Å². The van der Waals surface area contributed by atoms with Crippen LogP contribution in [0.1, 0.15) is 44.2 Å². The molecule has 2 unspecified atom stereocenters. The van der Waals surface area contributed by atoms with Crippen molar-refractivity contribution in [2.24, 2.45) is 17.8 Å². The molecule has 5 heteroatoms.